The maximum atomic E-state index is 12.4. The molecule has 5 nitrogen and oxygen atoms in total. The van der Waals surface area contributed by atoms with Crippen LogP contribution in [0.3, 0.4) is 0 Å². The van der Waals surface area contributed by atoms with Gasteiger partial charge in [0.05, 0.1) is 17.6 Å². The highest BCUT2D eigenvalue weighted by Gasteiger charge is 2.33. The van der Waals surface area contributed by atoms with Crippen LogP contribution in [0.5, 0.6) is 5.75 Å². The first-order chi connectivity index (χ1) is 9.68. The van der Waals surface area contributed by atoms with Crippen LogP contribution in [0.15, 0.2) is 29.2 Å². The Morgan fingerprint density at radius 3 is 2.71 bits per heavy atom. The van der Waals surface area contributed by atoms with E-state index in [0.29, 0.717) is 0 Å². The Morgan fingerprint density at radius 2 is 2.10 bits per heavy atom. The smallest absolute Gasteiger partial charge is 0.406 e. The van der Waals surface area contributed by atoms with Crippen LogP contribution >= 0.6 is 0 Å². The van der Waals surface area contributed by atoms with Crippen molar-refractivity contribution in [3.05, 3.63) is 24.3 Å². The molecule has 1 aliphatic heterocycles. The molecule has 21 heavy (non-hydrogen) atoms. The summed E-state index contributed by atoms with van der Waals surface area (Å²) in [5.41, 5.74) is 0. The zero-order valence-electron chi connectivity index (χ0n) is 11.1. The number of hydrogen-bond acceptors (Lipinski definition) is 4. The van der Waals surface area contributed by atoms with Crippen LogP contribution in [0.25, 0.3) is 0 Å². The molecule has 9 heteroatoms. The predicted molar refractivity (Wildman–Crippen MR) is 67.3 cm³/mol. The highest BCUT2D eigenvalue weighted by atomic mass is 32.2. The number of alkyl halides is 3. The van der Waals surface area contributed by atoms with Crippen molar-refractivity contribution in [3.63, 3.8) is 0 Å². The van der Waals surface area contributed by atoms with Crippen molar-refractivity contribution in [1.82, 2.24) is 4.31 Å². The van der Waals surface area contributed by atoms with Gasteiger partial charge in [-0.05, 0) is 19.1 Å². The summed E-state index contributed by atoms with van der Waals surface area (Å²) >= 11 is 0. The quantitative estimate of drug-likeness (QED) is 0.853. The molecule has 0 radical (unpaired) electrons. The number of ether oxygens (including phenoxy) is 2. The average Bonchev–Trinajstić information content (AvgIpc) is 2.37. The van der Waals surface area contributed by atoms with E-state index in [4.69, 9.17) is 4.74 Å². The maximum absolute atomic E-state index is 12.4. The van der Waals surface area contributed by atoms with Gasteiger partial charge in [-0.1, -0.05) is 6.07 Å². The third-order valence-corrected chi connectivity index (χ3v) is 4.74. The largest absolute Gasteiger partial charge is 0.573 e. The van der Waals surface area contributed by atoms with E-state index in [1.165, 1.54) is 16.4 Å². The van der Waals surface area contributed by atoms with E-state index in [1.54, 1.807) is 6.92 Å². The fraction of sp³-hybridized carbons (Fsp3) is 0.500. The molecular formula is C12H14F3NO4S. The molecule has 1 heterocycles. The third kappa shape index (κ3) is 4.08. The van der Waals surface area contributed by atoms with Gasteiger partial charge in [0, 0.05) is 19.2 Å². The van der Waals surface area contributed by atoms with Gasteiger partial charge in [-0.2, -0.15) is 4.31 Å². The summed E-state index contributed by atoms with van der Waals surface area (Å²) in [5, 5.41) is 0. The second-order valence-electron chi connectivity index (χ2n) is 4.57. The second-order valence-corrected chi connectivity index (χ2v) is 6.51. The molecular weight excluding hydrogens is 311 g/mol. The number of benzene rings is 1. The highest BCUT2D eigenvalue weighted by molar-refractivity contribution is 7.89. The van der Waals surface area contributed by atoms with Gasteiger partial charge in [-0.15, -0.1) is 13.2 Å². The molecule has 0 bridgehead atoms. The number of halogens is 3. The van der Waals surface area contributed by atoms with Crippen molar-refractivity contribution in [1.29, 1.82) is 0 Å². The first-order valence-corrected chi connectivity index (χ1v) is 7.60. The van der Waals surface area contributed by atoms with E-state index in [9.17, 15) is 21.6 Å². The predicted octanol–water partition coefficient (Wildman–Crippen LogP) is 1.99. The molecule has 1 atom stereocenters. The van der Waals surface area contributed by atoms with Crippen molar-refractivity contribution < 1.29 is 31.1 Å². The lowest BCUT2D eigenvalue weighted by molar-refractivity contribution is -0.274. The summed E-state index contributed by atoms with van der Waals surface area (Å²) in [6.07, 6.45) is -5.13. The lowest BCUT2D eigenvalue weighted by atomic mass is 10.3. The van der Waals surface area contributed by atoms with Crippen molar-refractivity contribution in [2.75, 3.05) is 19.7 Å². The molecule has 0 amide bonds. The summed E-state index contributed by atoms with van der Waals surface area (Å²) < 4.78 is 71.5. The number of nitrogens with zero attached hydrogens (tertiary/aromatic N) is 1. The lowest BCUT2D eigenvalue weighted by Gasteiger charge is -2.30. The van der Waals surface area contributed by atoms with Gasteiger partial charge >= 0.3 is 6.36 Å². The summed E-state index contributed by atoms with van der Waals surface area (Å²) in [7, 11) is -3.87. The number of morpholine rings is 1. The van der Waals surface area contributed by atoms with Crippen LogP contribution in [0.4, 0.5) is 13.2 Å². The molecule has 1 aromatic rings. The summed E-state index contributed by atoms with van der Waals surface area (Å²) in [4.78, 5) is -0.238. The zero-order valence-corrected chi connectivity index (χ0v) is 11.9. The van der Waals surface area contributed by atoms with Crippen LogP contribution in [0, 0.1) is 0 Å². The van der Waals surface area contributed by atoms with Crippen LogP contribution < -0.4 is 4.74 Å². The number of rotatable bonds is 3. The summed E-state index contributed by atoms with van der Waals surface area (Å²) in [6, 6.07) is 4.36. The summed E-state index contributed by atoms with van der Waals surface area (Å²) in [5.74, 6) is -0.565. The molecule has 1 fully saturated rings. The topological polar surface area (TPSA) is 55.8 Å². The molecule has 0 saturated carbocycles. The molecule has 118 valence electrons. The maximum Gasteiger partial charge on any atom is 0.573 e. The van der Waals surface area contributed by atoms with E-state index in [0.717, 1.165) is 12.1 Å². The van der Waals surface area contributed by atoms with Crippen molar-refractivity contribution in [2.24, 2.45) is 0 Å². The van der Waals surface area contributed by atoms with Gasteiger partial charge in [0.15, 0.2) is 0 Å². The van der Waals surface area contributed by atoms with Gasteiger partial charge in [-0.3, -0.25) is 0 Å². The minimum Gasteiger partial charge on any atom is -0.406 e. The molecule has 0 aromatic heterocycles. The molecule has 0 aliphatic carbocycles. The van der Waals surface area contributed by atoms with Gasteiger partial charge in [0.1, 0.15) is 5.75 Å². The first-order valence-electron chi connectivity index (χ1n) is 6.16. The molecule has 1 unspecified atom stereocenters. The van der Waals surface area contributed by atoms with E-state index >= 15 is 0 Å². The average molecular weight is 325 g/mol. The van der Waals surface area contributed by atoms with Crippen LogP contribution in [0.1, 0.15) is 6.92 Å². The first kappa shape index (κ1) is 16.1. The summed E-state index contributed by atoms with van der Waals surface area (Å²) in [6.45, 7) is 2.30. The molecule has 1 aromatic carbocycles. The fourth-order valence-electron chi connectivity index (χ4n) is 1.99. The van der Waals surface area contributed by atoms with Crippen molar-refractivity contribution in [2.45, 2.75) is 24.3 Å². The minimum absolute atomic E-state index is 0.159. The molecule has 0 spiro atoms. The molecule has 0 N–H and O–H groups in total. The van der Waals surface area contributed by atoms with Crippen LogP contribution in [-0.4, -0.2) is 44.9 Å². The number of sulfonamides is 1. The third-order valence-electron chi connectivity index (χ3n) is 2.88. The standard InChI is InChI=1S/C12H14F3NO4S/c1-9-8-16(5-6-19-9)21(17,18)11-4-2-3-10(7-11)20-12(13,14)15/h2-4,7,9H,5-6,8H2,1H3. The number of hydrogen-bond donors (Lipinski definition) is 0. The van der Waals surface area contributed by atoms with Gasteiger partial charge in [-0.25, -0.2) is 8.42 Å². The Balaban J connectivity index is 2.26. The molecule has 2 rings (SSSR count). The minimum atomic E-state index is -4.87. The van der Waals surface area contributed by atoms with Gasteiger partial charge in [0.2, 0.25) is 10.0 Å². The van der Waals surface area contributed by atoms with Crippen LogP contribution in [0.2, 0.25) is 0 Å². The monoisotopic (exact) mass is 325 g/mol. The molecule has 1 saturated heterocycles. The van der Waals surface area contributed by atoms with E-state index in [1.807, 2.05) is 0 Å². The van der Waals surface area contributed by atoms with Gasteiger partial charge < -0.3 is 9.47 Å². The lowest BCUT2D eigenvalue weighted by Crippen LogP contribution is -2.44. The SMILES string of the molecule is CC1CN(S(=O)(=O)c2cccc(OC(F)(F)F)c2)CCO1. The van der Waals surface area contributed by atoms with E-state index in [-0.39, 0.29) is 30.7 Å². The Labute approximate surface area is 120 Å². The van der Waals surface area contributed by atoms with Crippen molar-refractivity contribution in [3.8, 4) is 5.75 Å². The fourth-order valence-corrected chi connectivity index (χ4v) is 3.52. The van der Waals surface area contributed by atoms with Crippen molar-refractivity contribution >= 4 is 10.0 Å². The van der Waals surface area contributed by atoms with Gasteiger partial charge in [0.25, 0.3) is 0 Å². The zero-order chi connectivity index (χ0) is 15.7. The Hall–Kier alpha value is -1.32. The van der Waals surface area contributed by atoms with Crippen LogP contribution in [-0.2, 0) is 14.8 Å². The Bertz CT molecular complexity index is 603. The van der Waals surface area contributed by atoms with E-state index in [2.05, 4.69) is 4.74 Å². The second kappa shape index (κ2) is 5.82. The van der Waals surface area contributed by atoms with E-state index < -0.39 is 22.1 Å². The highest BCUT2D eigenvalue weighted by Crippen LogP contribution is 2.26. The molecule has 1 aliphatic rings. The Morgan fingerprint density at radius 1 is 1.38 bits per heavy atom. The normalized spacial score (nSPS) is 21.2. The Kier molecular flexibility index (Phi) is 4.45.